The van der Waals surface area contributed by atoms with Gasteiger partial charge in [-0.1, -0.05) is 191 Å². The van der Waals surface area contributed by atoms with Gasteiger partial charge >= 0.3 is 19.0 Å². The van der Waals surface area contributed by atoms with Crippen LogP contribution in [0.4, 0.5) is 5.82 Å². The van der Waals surface area contributed by atoms with E-state index in [0.29, 0.717) is 11.1 Å². The van der Waals surface area contributed by atoms with Gasteiger partial charge in [-0.15, -0.1) is 0 Å². The van der Waals surface area contributed by atoms with Crippen LogP contribution in [0.5, 0.6) is 0 Å². The van der Waals surface area contributed by atoms with Crippen molar-refractivity contribution in [2.24, 2.45) is 0 Å². The number of benzene rings is 6. The third kappa shape index (κ3) is 11.6. The Bertz CT molecular complexity index is 3550. The largest absolute Gasteiger partial charge is 0.405 e. The molecule has 0 unspecified atom stereocenters. The van der Waals surface area contributed by atoms with Gasteiger partial charge in [0.05, 0.1) is 37.5 Å². The molecule has 2 aliphatic rings. The van der Waals surface area contributed by atoms with Crippen molar-refractivity contribution in [2.45, 2.75) is 62.9 Å². The van der Waals surface area contributed by atoms with E-state index >= 15 is 4.57 Å². The van der Waals surface area contributed by atoms with Crippen molar-refractivity contribution in [2.75, 3.05) is 58.8 Å². The molecule has 4 heterocycles. The highest BCUT2D eigenvalue weighted by molar-refractivity contribution is 7.53. The van der Waals surface area contributed by atoms with Crippen molar-refractivity contribution in [3.8, 4) is 0 Å². The first-order valence-corrected chi connectivity index (χ1v) is 30.9. The molecular formula is C63H69N8O9PSi. The number of carbonyl (C=O) groups is 1. The van der Waals surface area contributed by atoms with Crippen LogP contribution in [-0.4, -0.2) is 113 Å². The number of morpholine rings is 2. The van der Waals surface area contributed by atoms with Gasteiger partial charge < -0.3 is 23.7 Å². The van der Waals surface area contributed by atoms with Crippen molar-refractivity contribution in [3.05, 3.63) is 260 Å². The van der Waals surface area contributed by atoms with Crippen LogP contribution in [0.15, 0.2) is 215 Å². The summed E-state index contributed by atoms with van der Waals surface area (Å²) in [5.74, 6) is -0.350. The van der Waals surface area contributed by atoms with Crippen LogP contribution in [-0.2, 0) is 28.5 Å². The zero-order chi connectivity index (χ0) is 57.7. The second-order valence-electron chi connectivity index (χ2n) is 21.9. The summed E-state index contributed by atoms with van der Waals surface area (Å²) < 4.78 is 50.4. The Hall–Kier alpha value is -7.48. The number of ether oxygens (including phenoxy) is 2. The number of hydrogen-bond donors (Lipinski definition) is 2. The van der Waals surface area contributed by atoms with Crippen molar-refractivity contribution in [1.29, 1.82) is 0 Å². The summed E-state index contributed by atoms with van der Waals surface area (Å²) in [6.07, 6.45) is -0.629. The molecule has 2 N–H and O–H groups in total. The molecule has 1 amide bonds. The lowest BCUT2D eigenvalue weighted by atomic mass is 9.75. The van der Waals surface area contributed by atoms with Crippen molar-refractivity contribution in [3.63, 3.8) is 0 Å². The molecule has 0 aliphatic carbocycles. The standard InChI is InChI=1S/C63H69N8O9PSi/c1-46-39-71(61(75)66-58(46)72)57-43-69(41-52(80-57)45-78-82(62(2,3)4,53-33-21-11-22-34-53)54-35-23-12-24-36-54)81(76,67(5)6)77-44-51-40-68(42-56(79-51)70-38-37-55(65-60(70)74)64-59(73)47-25-13-7-14-26-47)63(48-27-15-8-16-28-48,49-29-17-9-18-30-49)50-31-19-10-20-32-50/h7-39,51-52,56-57H,40-45H2,1-6H3,(H,66,72,75)(H,64,65,73,74)/t51-,52-,56+,57+,81-/m0/s1. The third-order valence-corrected chi connectivity index (χ3v) is 22.9. The van der Waals surface area contributed by atoms with Crippen LogP contribution in [0.2, 0.25) is 5.04 Å². The van der Waals surface area contributed by atoms with Crippen molar-refractivity contribution < 1.29 is 27.8 Å². The average Bonchev–Trinajstić information content (AvgIpc) is 3.06. The number of anilines is 1. The second kappa shape index (κ2) is 24.5. The smallest absolute Gasteiger partial charge is 0.351 e. The monoisotopic (exact) mass is 1140 g/mol. The first-order valence-electron chi connectivity index (χ1n) is 27.4. The van der Waals surface area contributed by atoms with E-state index in [2.05, 4.69) is 102 Å². The van der Waals surface area contributed by atoms with E-state index in [1.54, 1.807) is 66.9 Å². The molecule has 2 aromatic heterocycles. The summed E-state index contributed by atoms with van der Waals surface area (Å²) in [6.45, 7) is 8.36. The molecule has 0 radical (unpaired) electrons. The van der Waals surface area contributed by atoms with E-state index in [4.69, 9.17) is 18.4 Å². The third-order valence-electron chi connectivity index (χ3n) is 15.4. The van der Waals surface area contributed by atoms with E-state index < -0.39 is 69.0 Å². The number of H-pyrrole nitrogens is 1. The fraction of sp³-hybridized carbons (Fsp3) is 0.286. The molecule has 2 saturated heterocycles. The van der Waals surface area contributed by atoms with Gasteiger partial charge in [-0.3, -0.25) is 33.2 Å². The molecule has 0 bridgehead atoms. The molecule has 5 atom stereocenters. The second-order valence-corrected chi connectivity index (χ2v) is 28.8. The lowest BCUT2D eigenvalue weighted by molar-refractivity contribution is -0.150. The highest BCUT2D eigenvalue weighted by Crippen LogP contribution is 2.55. The van der Waals surface area contributed by atoms with Gasteiger partial charge in [-0.25, -0.2) is 18.9 Å². The minimum atomic E-state index is -4.12. The van der Waals surface area contributed by atoms with E-state index in [0.717, 1.165) is 27.1 Å². The highest BCUT2D eigenvalue weighted by Gasteiger charge is 2.52. The van der Waals surface area contributed by atoms with E-state index in [1.165, 1.54) is 15.3 Å². The topological polar surface area (TPSA) is 183 Å². The zero-order valence-electron chi connectivity index (χ0n) is 46.9. The normalized spacial score (nSPS) is 19.1. The molecule has 0 spiro atoms. The molecule has 2 aliphatic heterocycles. The number of aromatic amines is 1. The van der Waals surface area contributed by atoms with Gasteiger partial charge in [0.2, 0.25) is 0 Å². The summed E-state index contributed by atoms with van der Waals surface area (Å²) in [5, 5.41) is 4.49. The SMILES string of the molecule is Cc1cn([C@H]2CN([P@@](=O)(OC[C@@H]3CN(C(c4ccccc4)(c4ccccc4)c4ccccc4)C[C@H](n4ccc(NC(=O)c5ccccc5)nc4=O)O3)N(C)C)C[C@@H](CO[Si](c3ccccc3)(c3ccccc3)C(C)(C)C)O2)c(=O)[nH]c1=O. The zero-order valence-corrected chi connectivity index (χ0v) is 48.8. The summed E-state index contributed by atoms with van der Waals surface area (Å²) in [5.41, 5.74) is 0.698. The molecule has 6 aromatic carbocycles. The number of aromatic nitrogens is 4. The number of amides is 1. The number of rotatable bonds is 18. The summed E-state index contributed by atoms with van der Waals surface area (Å²) >= 11 is 0. The van der Waals surface area contributed by atoms with Crippen LogP contribution < -0.4 is 32.6 Å². The van der Waals surface area contributed by atoms with Crippen LogP contribution in [0.3, 0.4) is 0 Å². The minimum Gasteiger partial charge on any atom is -0.405 e. The number of hydrogen-bond acceptors (Lipinski definition) is 11. The number of aryl methyl sites for hydroxylation is 1. The molecule has 19 heteroatoms. The van der Waals surface area contributed by atoms with Crippen LogP contribution >= 0.6 is 7.67 Å². The number of nitrogens with zero attached hydrogens (tertiary/aromatic N) is 6. The number of nitrogens with one attached hydrogen (secondary N) is 2. The summed E-state index contributed by atoms with van der Waals surface area (Å²) in [6, 6.07) is 61.2. The first-order chi connectivity index (χ1) is 39.5. The Balaban J connectivity index is 1.03. The first kappa shape index (κ1) is 57.7. The Morgan fingerprint density at radius 3 is 1.66 bits per heavy atom. The van der Waals surface area contributed by atoms with Crippen LogP contribution in [0.25, 0.3) is 0 Å². The Labute approximate surface area is 478 Å². The van der Waals surface area contributed by atoms with Crippen molar-refractivity contribution >= 4 is 38.1 Å². The molecule has 8 aromatic rings. The van der Waals surface area contributed by atoms with E-state index in [9.17, 15) is 19.2 Å². The number of carbonyl (C=O) groups excluding carboxylic acids is 1. The van der Waals surface area contributed by atoms with Gasteiger partial charge in [-0.2, -0.15) is 4.98 Å². The van der Waals surface area contributed by atoms with Gasteiger partial charge in [0, 0.05) is 43.2 Å². The van der Waals surface area contributed by atoms with Crippen molar-refractivity contribution in [1.82, 2.24) is 33.3 Å². The Kier molecular flexibility index (Phi) is 17.3. The maximum Gasteiger partial charge on any atom is 0.351 e. The van der Waals surface area contributed by atoms with E-state index in [-0.39, 0.29) is 50.2 Å². The molecule has 424 valence electrons. The fourth-order valence-corrected chi connectivity index (χ4v) is 18.1. The molecular weight excluding hydrogens is 1070 g/mol. The van der Waals surface area contributed by atoms with Crippen LogP contribution in [0.1, 0.15) is 65.8 Å². The maximum atomic E-state index is 16.2. The predicted octanol–water partition coefficient (Wildman–Crippen LogP) is 8.01. The maximum absolute atomic E-state index is 16.2. The quantitative estimate of drug-likeness (QED) is 0.0480. The minimum absolute atomic E-state index is 0.0469. The predicted molar refractivity (Wildman–Crippen MR) is 320 cm³/mol. The lowest BCUT2D eigenvalue weighted by Gasteiger charge is -2.51. The van der Waals surface area contributed by atoms with Gasteiger partial charge in [-0.05, 0) is 71.3 Å². The highest BCUT2D eigenvalue weighted by atomic mass is 31.2. The van der Waals surface area contributed by atoms with Gasteiger partial charge in [0.1, 0.15) is 5.82 Å². The summed E-state index contributed by atoms with van der Waals surface area (Å²) in [7, 11) is -3.90. The Morgan fingerprint density at radius 1 is 0.671 bits per heavy atom. The average molecular weight is 1140 g/mol. The van der Waals surface area contributed by atoms with E-state index in [1.807, 2.05) is 97.1 Å². The summed E-state index contributed by atoms with van der Waals surface area (Å²) in [4.78, 5) is 63.1. The van der Waals surface area contributed by atoms with Crippen LogP contribution in [0, 0.1) is 6.92 Å². The van der Waals surface area contributed by atoms with Gasteiger partial charge in [0.25, 0.3) is 19.8 Å². The molecule has 10 rings (SSSR count). The van der Waals surface area contributed by atoms with Gasteiger partial charge in [0.15, 0.2) is 12.5 Å². The Morgan fingerprint density at radius 2 is 1.16 bits per heavy atom. The lowest BCUT2D eigenvalue weighted by Crippen LogP contribution is -2.67. The molecule has 0 saturated carbocycles. The molecule has 82 heavy (non-hydrogen) atoms. The molecule has 17 nitrogen and oxygen atoms in total. The molecule has 2 fully saturated rings. The fourth-order valence-electron chi connectivity index (χ4n) is 11.6.